The van der Waals surface area contributed by atoms with Crippen molar-refractivity contribution in [1.29, 1.82) is 0 Å². The van der Waals surface area contributed by atoms with Gasteiger partial charge in [-0.05, 0) is 31.8 Å². The topological polar surface area (TPSA) is 46.5 Å². The minimum absolute atomic E-state index is 0.0877. The van der Waals surface area contributed by atoms with Crippen molar-refractivity contribution < 1.29 is 14.6 Å². The second kappa shape index (κ2) is 5.28. The molecule has 3 nitrogen and oxygen atoms in total. The first-order chi connectivity index (χ1) is 6.59. The zero-order valence-corrected chi connectivity index (χ0v) is 10.1. The van der Waals surface area contributed by atoms with Crippen molar-refractivity contribution in [3.8, 4) is 0 Å². The van der Waals surface area contributed by atoms with Gasteiger partial charge in [-0.3, -0.25) is 0 Å². The lowest BCUT2D eigenvalue weighted by atomic mass is 10.1. The van der Waals surface area contributed by atoms with Crippen LogP contribution in [0.25, 0.3) is 0 Å². The van der Waals surface area contributed by atoms with Crippen LogP contribution in [0.5, 0.6) is 0 Å². The highest BCUT2D eigenvalue weighted by atomic mass is 32.2. The maximum Gasteiger partial charge on any atom is 0.339 e. The van der Waals surface area contributed by atoms with Crippen LogP contribution in [-0.2, 0) is 9.53 Å². The molecule has 5 heteroatoms. The van der Waals surface area contributed by atoms with Crippen molar-refractivity contribution in [2.75, 3.05) is 18.1 Å². The van der Waals surface area contributed by atoms with Crippen LogP contribution in [0.2, 0.25) is 0 Å². The molecular weight excluding hydrogens is 220 g/mol. The van der Waals surface area contributed by atoms with Crippen molar-refractivity contribution >= 4 is 29.5 Å². The van der Waals surface area contributed by atoms with E-state index >= 15 is 0 Å². The Kier molecular flexibility index (Phi) is 4.60. The molecule has 0 aromatic rings. The second-order valence-corrected chi connectivity index (χ2v) is 6.02. The predicted molar refractivity (Wildman–Crippen MR) is 60.6 cm³/mol. The molecule has 1 saturated heterocycles. The van der Waals surface area contributed by atoms with E-state index in [1.165, 1.54) is 0 Å². The summed E-state index contributed by atoms with van der Waals surface area (Å²) in [4.78, 5) is 11.5. The highest BCUT2D eigenvalue weighted by Gasteiger charge is 2.42. The molecule has 0 aromatic carbocycles. The highest BCUT2D eigenvalue weighted by molar-refractivity contribution is 8.17. The monoisotopic (exact) mass is 236 g/mol. The van der Waals surface area contributed by atoms with Crippen LogP contribution in [0.4, 0.5) is 0 Å². The van der Waals surface area contributed by atoms with Gasteiger partial charge in [-0.1, -0.05) is 0 Å². The number of ether oxygens (including phenoxy) is 1. The van der Waals surface area contributed by atoms with Crippen molar-refractivity contribution in [3.05, 3.63) is 0 Å². The maximum atomic E-state index is 11.5. The summed E-state index contributed by atoms with van der Waals surface area (Å²) in [6.45, 7) is 3.60. The fourth-order valence-electron chi connectivity index (χ4n) is 1.19. The van der Waals surface area contributed by atoms with Gasteiger partial charge in [-0.25, -0.2) is 4.79 Å². The first-order valence-electron chi connectivity index (χ1n) is 4.72. The summed E-state index contributed by atoms with van der Waals surface area (Å²) < 4.78 is 4.76. The number of esters is 1. The smallest absolute Gasteiger partial charge is 0.339 e. The Morgan fingerprint density at radius 3 is 2.64 bits per heavy atom. The Balaban J connectivity index is 2.57. The van der Waals surface area contributed by atoms with Crippen LogP contribution >= 0.6 is 23.5 Å². The van der Waals surface area contributed by atoms with Gasteiger partial charge in [0.05, 0.1) is 11.2 Å². The molecule has 0 unspecified atom stereocenters. The first kappa shape index (κ1) is 12.2. The van der Waals surface area contributed by atoms with Gasteiger partial charge >= 0.3 is 5.97 Å². The first-order valence-corrected chi connectivity index (χ1v) is 6.81. The molecule has 14 heavy (non-hydrogen) atoms. The van der Waals surface area contributed by atoms with Gasteiger partial charge in [0.1, 0.15) is 0 Å². The third-order valence-electron chi connectivity index (χ3n) is 1.97. The van der Waals surface area contributed by atoms with Crippen LogP contribution < -0.4 is 0 Å². The molecule has 1 N–H and O–H groups in total. The van der Waals surface area contributed by atoms with E-state index in [0.29, 0.717) is 6.61 Å². The number of hydrogen-bond acceptors (Lipinski definition) is 5. The lowest BCUT2D eigenvalue weighted by molar-refractivity contribution is -0.161. The SMILES string of the molecule is CCOC(=O)[C@](C)(O)C1SCCCS1. The van der Waals surface area contributed by atoms with Crippen molar-refractivity contribution in [2.45, 2.75) is 30.5 Å². The summed E-state index contributed by atoms with van der Waals surface area (Å²) in [5, 5.41) is 10.0. The van der Waals surface area contributed by atoms with Gasteiger partial charge in [0.25, 0.3) is 0 Å². The van der Waals surface area contributed by atoms with E-state index in [4.69, 9.17) is 4.74 Å². The van der Waals surface area contributed by atoms with E-state index < -0.39 is 11.6 Å². The van der Waals surface area contributed by atoms with E-state index in [9.17, 15) is 9.90 Å². The Labute approximate surface area is 93.0 Å². The van der Waals surface area contributed by atoms with Crippen molar-refractivity contribution in [1.82, 2.24) is 0 Å². The van der Waals surface area contributed by atoms with Gasteiger partial charge in [-0.15, -0.1) is 23.5 Å². The van der Waals surface area contributed by atoms with E-state index in [0.717, 1.165) is 17.9 Å². The molecule has 1 heterocycles. The number of aliphatic hydroxyl groups is 1. The molecule has 0 amide bonds. The maximum absolute atomic E-state index is 11.5. The molecule has 0 radical (unpaired) electrons. The zero-order valence-electron chi connectivity index (χ0n) is 8.49. The minimum atomic E-state index is -1.36. The highest BCUT2D eigenvalue weighted by Crippen LogP contribution is 2.38. The number of thioether (sulfide) groups is 2. The second-order valence-electron chi connectivity index (χ2n) is 3.30. The average Bonchev–Trinajstić information content (AvgIpc) is 2.19. The average molecular weight is 236 g/mol. The minimum Gasteiger partial charge on any atom is -0.464 e. The van der Waals surface area contributed by atoms with Crippen molar-refractivity contribution in [3.63, 3.8) is 0 Å². The molecule has 1 atom stereocenters. The lowest BCUT2D eigenvalue weighted by Gasteiger charge is -2.32. The largest absolute Gasteiger partial charge is 0.464 e. The van der Waals surface area contributed by atoms with Crippen LogP contribution in [0.1, 0.15) is 20.3 Å². The number of carbonyl (C=O) groups is 1. The Morgan fingerprint density at radius 2 is 2.14 bits per heavy atom. The van der Waals surface area contributed by atoms with Crippen LogP contribution in [0, 0.1) is 0 Å². The van der Waals surface area contributed by atoms with Gasteiger partial charge in [-0.2, -0.15) is 0 Å². The molecule has 1 fully saturated rings. The molecule has 1 rings (SSSR count). The molecule has 1 aliphatic heterocycles. The van der Waals surface area contributed by atoms with E-state index in [1.807, 2.05) is 0 Å². The fraction of sp³-hybridized carbons (Fsp3) is 0.889. The summed E-state index contributed by atoms with van der Waals surface area (Å²) in [6.07, 6.45) is 1.14. The van der Waals surface area contributed by atoms with Crippen LogP contribution in [-0.4, -0.2) is 39.4 Å². The Bertz CT molecular complexity index is 200. The molecule has 0 saturated carbocycles. The molecule has 0 aromatic heterocycles. The normalized spacial score (nSPS) is 22.8. The third-order valence-corrected chi connectivity index (χ3v) is 5.36. The molecule has 0 aliphatic carbocycles. The molecule has 0 spiro atoms. The summed E-state index contributed by atoms with van der Waals surface area (Å²) in [6, 6.07) is 0. The van der Waals surface area contributed by atoms with E-state index in [1.54, 1.807) is 37.4 Å². The summed E-state index contributed by atoms with van der Waals surface area (Å²) in [5.74, 6) is 1.51. The van der Waals surface area contributed by atoms with Gasteiger partial charge < -0.3 is 9.84 Å². The lowest BCUT2D eigenvalue weighted by Crippen LogP contribution is -2.45. The molecule has 82 valence electrons. The molecular formula is C9H16O3S2. The Hall–Kier alpha value is 0.130. The number of carbonyl (C=O) groups excluding carboxylic acids is 1. The Morgan fingerprint density at radius 1 is 1.57 bits per heavy atom. The van der Waals surface area contributed by atoms with E-state index in [2.05, 4.69) is 0 Å². The van der Waals surface area contributed by atoms with Crippen molar-refractivity contribution in [2.24, 2.45) is 0 Å². The fourth-order valence-corrected chi connectivity index (χ4v) is 4.22. The number of hydrogen-bond donors (Lipinski definition) is 1. The van der Waals surface area contributed by atoms with Gasteiger partial charge in [0.2, 0.25) is 0 Å². The standard InChI is InChI=1S/C9H16O3S2/c1-3-12-7(10)9(2,11)8-13-5-4-6-14-8/h8,11H,3-6H2,1-2H3/t9-/m0/s1. The van der Waals surface area contributed by atoms with E-state index in [-0.39, 0.29) is 4.58 Å². The summed E-state index contributed by atoms with van der Waals surface area (Å²) >= 11 is 3.27. The summed E-state index contributed by atoms with van der Waals surface area (Å²) in [5.41, 5.74) is -1.36. The summed E-state index contributed by atoms with van der Waals surface area (Å²) in [7, 11) is 0. The molecule has 1 aliphatic rings. The van der Waals surface area contributed by atoms with Crippen LogP contribution in [0.3, 0.4) is 0 Å². The van der Waals surface area contributed by atoms with Crippen LogP contribution in [0.15, 0.2) is 0 Å². The zero-order chi connectivity index (χ0) is 10.6. The van der Waals surface area contributed by atoms with Gasteiger partial charge in [0.15, 0.2) is 5.60 Å². The molecule has 0 bridgehead atoms. The van der Waals surface area contributed by atoms with Gasteiger partial charge in [0, 0.05) is 0 Å². The third kappa shape index (κ3) is 2.81. The predicted octanol–water partition coefficient (Wildman–Crippen LogP) is 1.50. The quantitative estimate of drug-likeness (QED) is 0.752. The number of rotatable bonds is 3.